The molecule has 1 aromatic rings. The molecule has 1 rings (SSSR count). The molecule has 0 radical (unpaired) electrons. The van der Waals surface area contributed by atoms with Gasteiger partial charge >= 0.3 is 0 Å². The van der Waals surface area contributed by atoms with E-state index in [0.29, 0.717) is 13.1 Å². The van der Waals surface area contributed by atoms with Gasteiger partial charge in [-0.3, -0.25) is 4.79 Å². The van der Waals surface area contributed by atoms with Crippen LogP contribution in [0.15, 0.2) is 6.20 Å². The Labute approximate surface area is 108 Å². The smallest absolute Gasteiger partial charge is 0.233 e. The number of carbonyl (C=O) groups excluding carboxylic acids is 1. The average molecular weight is 253 g/mol. The van der Waals surface area contributed by atoms with E-state index in [0.717, 1.165) is 18.7 Å². The fourth-order valence-corrected chi connectivity index (χ4v) is 1.34. The molecule has 0 saturated heterocycles. The Bertz CT molecular complexity index is 380. The monoisotopic (exact) mass is 253 g/mol. The van der Waals surface area contributed by atoms with Gasteiger partial charge in [0.2, 0.25) is 5.91 Å². The zero-order valence-electron chi connectivity index (χ0n) is 11.7. The largest absolute Gasteiger partial charge is 0.355 e. The Hall–Kier alpha value is -1.43. The third kappa shape index (κ3) is 4.83. The van der Waals surface area contributed by atoms with Gasteiger partial charge in [0, 0.05) is 13.1 Å². The number of hydrogen-bond donors (Lipinski definition) is 2. The van der Waals surface area contributed by atoms with Crippen molar-refractivity contribution in [1.82, 2.24) is 25.6 Å². The number of aromatic nitrogens is 3. The highest BCUT2D eigenvalue weighted by atomic mass is 16.1. The molecule has 1 heterocycles. The van der Waals surface area contributed by atoms with Gasteiger partial charge in [-0.2, -0.15) is 0 Å². The molecule has 0 spiro atoms. The van der Waals surface area contributed by atoms with Crippen LogP contribution in [0.3, 0.4) is 0 Å². The maximum absolute atomic E-state index is 11.3. The second-order valence-corrected chi connectivity index (χ2v) is 5.28. The van der Waals surface area contributed by atoms with E-state index in [4.69, 9.17) is 0 Å². The van der Waals surface area contributed by atoms with Gasteiger partial charge in [0.15, 0.2) is 0 Å². The minimum absolute atomic E-state index is 0.0139. The lowest BCUT2D eigenvalue weighted by atomic mass is 10.1. The SMILES string of the molecule is CCCNC(=O)CNCc1cn(C(C)(C)C)nn1. The Balaban J connectivity index is 2.32. The molecule has 0 atom stereocenters. The molecule has 6 nitrogen and oxygen atoms in total. The maximum atomic E-state index is 11.3. The third-order valence-corrected chi connectivity index (χ3v) is 2.39. The molecule has 0 bridgehead atoms. The van der Waals surface area contributed by atoms with Gasteiger partial charge in [-0.25, -0.2) is 4.68 Å². The summed E-state index contributed by atoms with van der Waals surface area (Å²) in [7, 11) is 0. The summed E-state index contributed by atoms with van der Waals surface area (Å²) < 4.78 is 1.82. The van der Waals surface area contributed by atoms with E-state index in [2.05, 4.69) is 41.7 Å². The standard InChI is InChI=1S/C12H23N5O/c1-5-6-14-11(18)8-13-7-10-9-17(16-15-10)12(2,3)4/h9,13H,5-8H2,1-4H3,(H,14,18). The van der Waals surface area contributed by atoms with E-state index >= 15 is 0 Å². The lowest BCUT2D eigenvalue weighted by molar-refractivity contribution is -0.120. The molecule has 0 saturated carbocycles. The van der Waals surface area contributed by atoms with Crippen LogP contribution >= 0.6 is 0 Å². The topological polar surface area (TPSA) is 71.8 Å². The second-order valence-electron chi connectivity index (χ2n) is 5.28. The maximum Gasteiger partial charge on any atom is 0.233 e. The lowest BCUT2D eigenvalue weighted by Gasteiger charge is -2.17. The van der Waals surface area contributed by atoms with Gasteiger partial charge in [0.25, 0.3) is 0 Å². The summed E-state index contributed by atoms with van der Waals surface area (Å²) in [6.07, 6.45) is 2.85. The minimum atomic E-state index is -0.0657. The molecule has 1 amide bonds. The molecular formula is C12H23N5O. The summed E-state index contributed by atoms with van der Waals surface area (Å²) in [4.78, 5) is 11.3. The van der Waals surface area contributed by atoms with Crippen LogP contribution < -0.4 is 10.6 Å². The van der Waals surface area contributed by atoms with Crippen LogP contribution in [-0.4, -0.2) is 34.0 Å². The molecule has 0 aliphatic heterocycles. The van der Waals surface area contributed by atoms with Gasteiger partial charge in [0.1, 0.15) is 0 Å². The first-order chi connectivity index (χ1) is 8.43. The van der Waals surface area contributed by atoms with Crippen LogP contribution in [0.5, 0.6) is 0 Å². The highest BCUT2D eigenvalue weighted by molar-refractivity contribution is 5.77. The van der Waals surface area contributed by atoms with Crippen LogP contribution in [0.4, 0.5) is 0 Å². The van der Waals surface area contributed by atoms with Gasteiger partial charge in [-0.1, -0.05) is 12.1 Å². The molecular weight excluding hydrogens is 230 g/mol. The van der Waals surface area contributed by atoms with E-state index in [1.807, 2.05) is 17.8 Å². The van der Waals surface area contributed by atoms with E-state index in [1.54, 1.807) is 0 Å². The predicted octanol–water partition coefficient (Wildman–Crippen LogP) is 0.649. The Kier molecular flexibility index (Phi) is 5.27. The van der Waals surface area contributed by atoms with Crippen LogP contribution in [0.1, 0.15) is 39.8 Å². The first-order valence-corrected chi connectivity index (χ1v) is 6.32. The van der Waals surface area contributed by atoms with E-state index in [9.17, 15) is 4.79 Å². The van der Waals surface area contributed by atoms with Gasteiger partial charge < -0.3 is 10.6 Å². The second kappa shape index (κ2) is 6.49. The fraction of sp³-hybridized carbons (Fsp3) is 0.750. The van der Waals surface area contributed by atoms with Crippen LogP contribution in [0.25, 0.3) is 0 Å². The van der Waals surface area contributed by atoms with Crippen molar-refractivity contribution in [2.75, 3.05) is 13.1 Å². The molecule has 0 aromatic carbocycles. The molecule has 102 valence electrons. The quantitative estimate of drug-likeness (QED) is 0.781. The Morgan fingerprint density at radius 3 is 2.72 bits per heavy atom. The van der Waals surface area contributed by atoms with Gasteiger partial charge in [0.05, 0.1) is 24.0 Å². The summed E-state index contributed by atoms with van der Waals surface area (Å²) >= 11 is 0. The number of nitrogens with zero attached hydrogens (tertiary/aromatic N) is 3. The first kappa shape index (κ1) is 14.6. The van der Waals surface area contributed by atoms with Crippen molar-refractivity contribution >= 4 is 5.91 Å². The molecule has 0 aliphatic carbocycles. The van der Waals surface area contributed by atoms with E-state index in [1.165, 1.54) is 0 Å². The summed E-state index contributed by atoms with van der Waals surface area (Å²) in [5.74, 6) is 0.0139. The third-order valence-electron chi connectivity index (χ3n) is 2.39. The van der Waals surface area contributed by atoms with Crippen LogP contribution in [0.2, 0.25) is 0 Å². The van der Waals surface area contributed by atoms with Crippen LogP contribution in [-0.2, 0) is 16.9 Å². The summed E-state index contributed by atoms with van der Waals surface area (Å²) in [5, 5.41) is 14.0. The molecule has 0 aliphatic rings. The first-order valence-electron chi connectivity index (χ1n) is 6.32. The van der Waals surface area contributed by atoms with Crippen molar-refractivity contribution in [1.29, 1.82) is 0 Å². The number of hydrogen-bond acceptors (Lipinski definition) is 4. The number of carbonyl (C=O) groups is 1. The summed E-state index contributed by atoms with van der Waals surface area (Å²) in [5.41, 5.74) is 0.775. The van der Waals surface area contributed by atoms with Crippen molar-refractivity contribution in [2.24, 2.45) is 0 Å². The zero-order chi connectivity index (χ0) is 13.6. The summed E-state index contributed by atoms with van der Waals surface area (Å²) in [6.45, 7) is 9.81. The number of amides is 1. The van der Waals surface area contributed by atoms with Gasteiger partial charge in [-0.05, 0) is 27.2 Å². The molecule has 1 aromatic heterocycles. The number of nitrogens with one attached hydrogen (secondary N) is 2. The Morgan fingerprint density at radius 2 is 2.17 bits per heavy atom. The van der Waals surface area contributed by atoms with Crippen molar-refractivity contribution in [3.8, 4) is 0 Å². The van der Waals surface area contributed by atoms with Crippen molar-refractivity contribution in [3.63, 3.8) is 0 Å². The highest BCUT2D eigenvalue weighted by Crippen LogP contribution is 2.11. The molecule has 0 unspecified atom stereocenters. The van der Waals surface area contributed by atoms with Crippen molar-refractivity contribution in [3.05, 3.63) is 11.9 Å². The zero-order valence-corrected chi connectivity index (χ0v) is 11.7. The molecule has 18 heavy (non-hydrogen) atoms. The van der Waals surface area contributed by atoms with Crippen molar-refractivity contribution in [2.45, 2.75) is 46.2 Å². The highest BCUT2D eigenvalue weighted by Gasteiger charge is 2.14. The van der Waals surface area contributed by atoms with E-state index < -0.39 is 0 Å². The predicted molar refractivity (Wildman–Crippen MR) is 70.0 cm³/mol. The van der Waals surface area contributed by atoms with Crippen molar-refractivity contribution < 1.29 is 4.79 Å². The fourth-order valence-electron chi connectivity index (χ4n) is 1.34. The normalized spacial score (nSPS) is 11.6. The molecule has 0 fully saturated rings. The molecule has 2 N–H and O–H groups in total. The molecule has 6 heteroatoms. The number of rotatable bonds is 6. The van der Waals surface area contributed by atoms with E-state index in [-0.39, 0.29) is 11.4 Å². The van der Waals surface area contributed by atoms with Gasteiger partial charge in [-0.15, -0.1) is 5.10 Å². The Morgan fingerprint density at radius 1 is 1.44 bits per heavy atom. The minimum Gasteiger partial charge on any atom is -0.355 e. The lowest BCUT2D eigenvalue weighted by Crippen LogP contribution is -2.34. The average Bonchev–Trinajstić information content (AvgIpc) is 2.74. The van der Waals surface area contributed by atoms with Crippen LogP contribution in [0, 0.1) is 0 Å². The summed E-state index contributed by atoms with van der Waals surface area (Å²) in [6, 6.07) is 0.